The number of nitrogen functional groups attached to an aromatic ring is 1. The van der Waals surface area contributed by atoms with E-state index in [0.29, 0.717) is 19.1 Å². The van der Waals surface area contributed by atoms with Crippen molar-refractivity contribution in [2.24, 2.45) is 0 Å². The molecular weight excluding hydrogens is 396 g/mol. The molecule has 2 rings (SSSR count). The molecular formula is C13H10Cl2F5N3S. The minimum atomic E-state index is -4.64. The van der Waals surface area contributed by atoms with Gasteiger partial charge in [-0.3, -0.25) is 0 Å². The van der Waals surface area contributed by atoms with Crippen molar-refractivity contribution < 1.29 is 22.0 Å². The van der Waals surface area contributed by atoms with Crippen LogP contribution in [0.4, 0.5) is 27.8 Å². The Morgan fingerprint density at radius 1 is 1.12 bits per heavy atom. The molecule has 2 N–H and O–H groups in total. The van der Waals surface area contributed by atoms with Crippen LogP contribution in [0, 0.1) is 6.92 Å². The van der Waals surface area contributed by atoms with Crippen LogP contribution in [-0.2, 0) is 6.18 Å². The van der Waals surface area contributed by atoms with Crippen molar-refractivity contribution in [2.75, 3.05) is 5.73 Å². The van der Waals surface area contributed by atoms with Crippen LogP contribution >= 0.6 is 35.0 Å². The van der Waals surface area contributed by atoms with Crippen LogP contribution in [0.1, 0.15) is 18.2 Å². The summed E-state index contributed by atoms with van der Waals surface area (Å²) in [7, 11) is 0. The predicted octanol–water partition coefficient (Wildman–Crippen LogP) is 5.79. The molecule has 0 saturated carbocycles. The molecule has 0 atom stereocenters. The monoisotopic (exact) mass is 405 g/mol. The molecule has 132 valence electrons. The van der Waals surface area contributed by atoms with Crippen molar-refractivity contribution in [3.63, 3.8) is 0 Å². The van der Waals surface area contributed by atoms with Crippen LogP contribution in [0.5, 0.6) is 0 Å². The molecule has 0 spiro atoms. The van der Waals surface area contributed by atoms with Crippen LogP contribution in [0.2, 0.25) is 10.0 Å². The zero-order valence-corrected chi connectivity index (χ0v) is 14.5. The Morgan fingerprint density at radius 2 is 1.62 bits per heavy atom. The second kappa shape index (κ2) is 6.27. The summed E-state index contributed by atoms with van der Waals surface area (Å²) in [5.41, 5.74) is 4.83. The number of aryl methyl sites for hydroxylation is 1. The van der Waals surface area contributed by atoms with Gasteiger partial charge in [-0.2, -0.15) is 27.1 Å². The summed E-state index contributed by atoms with van der Waals surface area (Å²) in [6.07, 6.45) is -4.64. The number of alkyl halides is 5. The maximum atomic E-state index is 13.2. The van der Waals surface area contributed by atoms with E-state index in [0.717, 1.165) is 4.68 Å². The fourth-order valence-electron chi connectivity index (χ4n) is 1.94. The average molecular weight is 406 g/mol. The Hall–Kier alpha value is -1.19. The Balaban J connectivity index is 2.60. The Kier molecular flexibility index (Phi) is 5.00. The van der Waals surface area contributed by atoms with Crippen LogP contribution in [0.25, 0.3) is 5.69 Å². The van der Waals surface area contributed by atoms with Crippen molar-refractivity contribution in [3.8, 4) is 5.69 Å². The number of nitrogens with two attached hydrogens (primary N) is 1. The summed E-state index contributed by atoms with van der Waals surface area (Å²) in [6.45, 7) is 2.12. The van der Waals surface area contributed by atoms with Crippen LogP contribution in [0.3, 0.4) is 0 Å². The Bertz CT molecular complexity index is 760. The smallest absolute Gasteiger partial charge is 0.383 e. The van der Waals surface area contributed by atoms with Gasteiger partial charge in [0.15, 0.2) is 0 Å². The second-order valence-corrected chi connectivity index (χ2v) is 7.05. The lowest BCUT2D eigenvalue weighted by Gasteiger charge is -2.14. The van der Waals surface area contributed by atoms with Gasteiger partial charge in [0.05, 0.1) is 26.2 Å². The number of benzene rings is 1. The van der Waals surface area contributed by atoms with Gasteiger partial charge in [-0.1, -0.05) is 23.2 Å². The van der Waals surface area contributed by atoms with Gasteiger partial charge in [0.1, 0.15) is 11.5 Å². The SMILES string of the molecule is Cc1nn(-c2c(Cl)cc(C(F)(F)F)cc2Cl)c(N)c1SC(C)(F)F. The minimum Gasteiger partial charge on any atom is -0.383 e. The first-order valence-electron chi connectivity index (χ1n) is 6.30. The average Bonchev–Trinajstić information content (AvgIpc) is 2.63. The first kappa shape index (κ1) is 19.1. The molecule has 0 radical (unpaired) electrons. The minimum absolute atomic E-state index is 0.00506. The Labute approximate surface area is 147 Å². The summed E-state index contributed by atoms with van der Waals surface area (Å²) in [4.78, 5) is -0.00506. The molecule has 3 nitrogen and oxygen atoms in total. The van der Waals surface area contributed by atoms with Crippen LogP contribution < -0.4 is 5.73 Å². The molecule has 0 aliphatic carbocycles. The summed E-state index contributed by atoms with van der Waals surface area (Å²) in [6, 6.07) is 1.33. The number of hydrogen-bond donors (Lipinski definition) is 1. The van der Waals surface area contributed by atoms with E-state index < -0.39 is 17.0 Å². The third kappa shape index (κ3) is 3.89. The van der Waals surface area contributed by atoms with Crippen molar-refractivity contribution >= 4 is 40.8 Å². The van der Waals surface area contributed by atoms with Gasteiger partial charge in [0.2, 0.25) is 0 Å². The molecule has 1 aromatic carbocycles. The van der Waals surface area contributed by atoms with Crippen molar-refractivity contribution in [1.82, 2.24) is 9.78 Å². The second-order valence-electron chi connectivity index (χ2n) is 4.91. The van der Waals surface area contributed by atoms with E-state index in [-0.39, 0.29) is 43.9 Å². The van der Waals surface area contributed by atoms with Crippen LogP contribution in [-0.4, -0.2) is 15.0 Å². The highest BCUT2D eigenvalue weighted by molar-refractivity contribution is 8.00. The molecule has 11 heteroatoms. The molecule has 0 bridgehead atoms. The molecule has 1 heterocycles. The summed E-state index contributed by atoms with van der Waals surface area (Å²) in [5, 5.41) is 0.140. The number of halogens is 7. The van der Waals surface area contributed by atoms with E-state index in [1.165, 1.54) is 6.92 Å². The number of aromatic nitrogens is 2. The summed E-state index contributed by atoms with van der Waals surface area (Å²) >= 11 is 12.0. The fourth-order valence-corrected chi connectivity index (χ4v) is 3.32. The Morgan fingerprint density at radius 3 is 2.04 bits per heavy atom. The lowest BCUT2D eigenvalue weighted by atomic mass is 10.2. The van der Waals surface area contributed by atoms with E-state index in [1.807, 2.05) is 0 Å². The number of rotatable bonds is 3. The maximum Gasteiger partial charge on any atom is 0.416 e. The van der Waals surface area contributed by atoms with E-state index in [1.54, 1.807) is 0 Å². The van der Waals surface area contributed by atoms with Gasteiger partial charge >= 0.3 is 6.18 Å². The molecule has 0 unspecified atom stereocenters. The summed E-state index contributed by atoms with van der Waals surface area (Å²) < 4.78 is 65.7. The lowest BCUT2D eigenvalue weighted by Crippen LogP contribution is -2.09. The first-order chi connectivity index (χ1) is 10.8. The molecule has 0 fully saturated rings. The predicted molar refractivity (Wildman–Crippen MR) is 84.2 cm³/mol. The number of nitrogens with zero attached hydrogens (tertiary/aromatic N) is 2. The van der Waals surface area contributed by atoms with Gasteiger partial charge < -0.3 is 5.73 Å². The highest BCUT2D eigenvalue weighted by atomic mass is 35.5. The molecule has 0 aliphatic rings. The van der Waals surface area contributed by atoms with Crippen molar-refractivity contribution in [3.05, 3.63) is 33.4 Å². The zero-order valence-electron chi connectivity index (χ0n) is 12.2. The molecule has 0 saturated heterocycles. The maximum absolute atomic E-state index is 13.2. The fraction of sp³-hybridized carbons (Fsp3) is 0.308. The molecule has 1 aromatic heterocycles. The summed E-state index contributed by atoms with van der Waals surface area (Å²) in [5.74, 6) is -0.192. The molecule has 24 heavy (non-hydrogen) atoms. The zero-order chi connectivity index (χ0) is 18.4. The van der Waals surface area contributed by atoms with Crippen molar-refractivity contribution in [2.45, 2.75) is 30.2 Å². The third-order valence-corrected chi connectivity index (χ3v) is 4.52. The van der Waals surface area contributed by atoms with E-state index >= 15 is 0 Å². The third-order valence-electron chi connectivity index (χ3n) is 2.88. The number of anilines is 1. The van der Waals surface area contributed by atoms with Gasteiger partial charge in [-0.25, -0.2) is 4.68 Å². The largest absolute Gasteiger partial charge is 0.416 e. The number of hydrogen-bond acceptors (Lipinski definition) is 3. The highest BCUT2D eigenvalue weighted by Crippen LogP contribution is 2.43. The van der Waals surface area contributed by atoms with Gasteiger partial charge in [-0.15, -0.1) is 0 Å². The van der Waals surface area contributed by atoms with E-state index in [2.05, 4.69) is 5.10 Å². The highest BCUT2D eigenvalue weighted by Gasteiger charge is 2.33. The van der Waals surface area contributed by atoms with Gasteiger partial charge in [-0.05, 0) is 30.8 Å². The van der Waals surface area contributed by atoms with Crippen LogP contribution in [0.15, 0.2) is 17.0 Å². The number of thioether (sulfide) groups is 1. The van der Waals surface area contributed by atoms with Crippen molar-refractivity contribution in [1.29, 1.82) is 0 Å². The van der Waals surface area contributed by atoms with Gasteiger partial charge in [0.25, 0.3) is 5.25 Å². The lowest BCUT2D eigenvalue weighted by molar-refractivity contribution is -0.137. The standard InChI is InChI=1S/C13H10Cl2F5N3S/c1-5-10(24-12(2,16)17)11(21)23(22-5)9-7(14)3-6(4-8(9)15)13(18,19)20/h3-4H,21H2,1-2H3. The van der Waals surface area contributed by atoms with E-state index in [4.69, 9.17) is 28.9 Å². The first-order valence-corrected chi connectivity index (χ1v) is 7.87. The molecule has 0 aliphatic heterocycles. The molecule has 0 amide bonds. The molecule has 2 aromatic rings. The van der Waals surface area contributed by atoms with Gasteiger partial charge in [0, 0.05) is 6.92 Å². The van der Waals surface area contributed by atoms with E-state index in [9.17, 15) is 22.0 Å². The normalized spacial score (nSPS) is 12.7. The quantitative estimate of drug-likeness (QED) is 0.518. The topological polar surface area (TPSA) is 43.8 Å².